The van der Waals surface area contributed by atoms with Crippen LogP contribution in [0.15, 0.2) is 65.7 Å². The minimum Gasteiger partial charge on any atom is -0.385 e. The van der Waals surface area contributed by atoms with Crippen molar-refractivity contribution in [1.29, 1.82) is 0 Å². The van der Waals surface area contributed by atoms with E-state index >= 15 is 0 Å². The van der Waals surface area contributed by atoms with Gasteiger partial charge in [0.25, 0.3) is 5.91 Å². The third-order valence-corrected chi connectivity index (χ3v) is 6.36. The molecule has 0 unspecified atom stereocenters. The maximum Gasteiger partial charge on any atom is 0.266 e. The molecule has 0 aliphatic carbocycles. The molecule has 0 spiro atoms. The van der Waals surface area contributed by atoms with Crippen molar-refractivity contribution in [3.05, 3.63) is 76.8 Å². The summed E-state index contributed by atoms with van der Waals surface area (Å²) in [5.74, 6) is -0.0616. The smallest absolute Gasteiger partial charge is 0.266 e. The molecule has 2 heterocycles. The molecule has 0 saturated carbocycles. The van der Waals surface area contributed by atoms with Crippen LogP contribution in [0.5, 0.6) is 0 Å². The van der Waals surface area contributed by atoms with E-state index in [0.717, 1.165) is 28.9 Å². The van der Waals surface area contributed by atoms with Crippen LogP contribution in [0.25, 0.3) is 23.0 Å². The first kappa shape index (κ1) is 21.5. The fraction of sp³-hybridized carbons (Fsp3) is 0.208. The van der Waals surface area contributed by atoms with Gasteiger partial charge in [-0.2, -0.15) is 5.10 Å². The number of rotatable bonds is 7. The molecule has 1 aliphatic heterocycles. The van der Waals surface area contributed by atoms with Crippen LogP contribution >= 0.6 is 24.0 Å². The Kier molecular flexibility index (Phi) is 6.65. The number of amides is 1. The quantitative estimate of drug-likeness (QED) is 0.286. The second-order valence-corrected chi connectivity index (χ2v) is 8.93. The Labute approximate surface area is 191 Å². The summed E-state index contributed by atoms with van der Waals surface area (Å²) in [4.78, 5) is 15.2. The Morgan fingerprint density at radius 2 is 1.87 bits per heavy atom. The number of carbonyl (C=O) groups is 1. The summed E-state index contributed by atoms with van der Waals surface area (Å²) >= 11 is 6.79. The lowest BCUT2D eigenvalue weighted by Gasteiger charge is -2.13. The highest BCUT2D eigenvalue weighted by atomic mass is 32.2. The Balaban J connectivity index is 1.71. The van der Waals surface area contributed by atoms with Gasteiger partial charge >= 0.3 is 0 Å². The fourth-order valence-electron chi connectivity index (χ4n) is 3.34. The number of hydrogen-bond acceptors (Lipinski definition) is 5. The van der Waals surface area contributed by atoms with Crippen molar-refractivity contribution < 1.29 is 9.53 Å². The van der Waals surface area contributed by atoms with Gasteiger partial charge in [-0.15, -0.1) is 0 Å². The molecule has 3 aromatic rings. The maximum absolute atomic E-state index is 13.0. The van der Waals surface area contributed by atoms with E-state index in [4.69, 9.17) is 22.1 Å². The van der Waals surface area contributed by atoms with Crippen LogP contribution in [0.3, 0.4) is 0 Å². The molecule has 0 atom stereocenters. The highest BCUT2D eigenvalue weighted by Gasteiger charge is 2.32. The summed E-state index contributed by atoms with van der Waals surface area (Å²) in [5, 5.41) is 4.83. The average Bonchev–Trinajstić information content (AvgIpc) is 3.31. The van der Waals surface area contributed by atoms with Gasteiger partial charge in [-0.3, -0.25) is 9.69 Å². The van der Waals surface area contributed by atoms with E-state index in [9.17, 15) is 4.79 Å². The van der Waals surface area contributed by atoms with E-state index in [0.29, 0.717) is 22.4 Å². The molecule has 5 nitrogen and oxygen atoms in total. The summed E-state index contributed by atoms with van der Waals surface area (Å²) in [5.41, 5.74) is 4.85. The Morgan fingerprint density at radius 1 is 1.13 bits per heavy atom. The number of nitrogens with zero attached hydrogens (tertiary/aromatic N) is 3. The minimum atomic E-state index is -0.0616. The van der Waals surface area contributed by atoms with Crippen molar-refractivity contribution in [2.24, 2.45) is 0 Å². The molecule has 0 bridgehead atoms. The number of para-hydroxylation sites is 1. The zero-order chi connectivity index (χ0) is 21.8. The lowest BCUT2D eigenvalue weighted by Crippen LogP contribution is -2.29. The zero-order valence-corrected chi connectivity index (χ0v) is 19.1. The summed E-state index contributed by atoms with van der Waals surface area (Å²) in [6, 6.07) is 18.2. The lowest BCUT2D eigenvalue weighted by molar-refractivity contribution is -0.122. The second-order valence-electron chi connectivity index (χ2n) is 7.26. The molecule has 31 heavy (non-hydrogen) atoms. The third-order valence-electron chi connectivity index (χ3n) is 4.98. The summed E-state index contributed by atoms with van der Waals surface area (Å²) in [6.07, 6.45) is 4.61. The van der Waals surface area contributed by atoms with Crippen LogP contribution in [0.2, 0.25) is 0 Å². The predicted octanol–water partition coefficient (Wildman–Crippen LogP) is 5.09. The molecule has 0 radical (unpaired) electrons. The summed E-state index contributed by atoms with van der Waals surface area (Å²) < 4.78 is 7.53. The molecule has 1 aliphatic rings. The van der Waals surface area contributed by atoms with Crippen molar-refractivity contribution in [3.63, 3.8) is 0 Å². The number of ether oxygens (including phenoxy) is 1. The normalized spacial score (nSPS) is 15.3. The molecule has 1 amide bonds. The number of aryl methyl sites for hydroxylation is 1. The lowest BCUT2D eigenvalue weighted by atomic mass is 10.1. The van der Waals surface area contributed by atoms with Crippen LogP contribution < -0.4 is 0 Å². The van der Waals surface area contributed by atoms with Crippen LogP contribution in [0, 0.1) is 6.92 Å². The van der Waals surface area contributed by atoms with E-state index in [-0.39, 0.29) is 5.91 Å². The SMILES string of the molecule is COCCCN1C(=O)/C(=C\c2cn(-c3ccccc3)nc2-c2ccc(C)cc2)SC1=S. The second kappa shape index (κ2) is 9.60. The molecular weight excluding hydrogens is 426 g/mol. The molecular formula is C24H23N3O2S2. The number of benzene rings is 2. The molecule has 0 N–H and O–H groups in total. The number of methoxy groups -OCH3 is 1. The van der Waals surface area contributed by atoms with E-state index < -0.39 is 0 Å². The summed E-state index contributed by atoms with van der Waals surface area (Å²) in [7, 11) is 1.65. The number of thioether (sulfide) groups is 1. The number of carbonyl (C=O) groups excluding carboxylic acids is 1. The minimum absolute atomic E-state index is 0.0616. The average molecular weight is 450 g/mol. The van der Waals surface area contributed by atoms with Crippen molar-refractivity contribution in [2.75, 3.05) is 20.3 Å². The monoisotopic (exact) mass is 449 g/mol. The molecule has 7 heteroatoms. The molecule has 1 aromatic heterocycles. The van der Waals surface area contributed by atoms with Gasteiger partial charge in [-0.25, -0.2) is 4.68 Å². The standard InChI is InChI=1S/C24H23N3O2S2/c1-17-9-11-18(12-10-17)22-19(16-27(25-22)20-7-4-3-5-8-20)15-21-23(28)26(24(30)31-21)13-6-14-29-2/h3-5,7-12,15-16H,6,13-14H2,1-2H3/b21-15+. The maximum atomic E-state index is 13.0. The number of hydrogen-bond donors (Lipinski definition) is 0. The van der Waals surface area contributed by atoms with Crippen LogP contribution in [0.1, 0.15) is 17.5 Å². The number of thiocarbonyl (C=S) groups is 1. The van der Waals surface area contributed by atoms with E-state index in [1.54, 1.807) is 12.0 Å². The first-order valence-corrected chi connectivity index (χ1v) is 11.3. The Morgan fingerprint density at radius 3 is 2.58 bits per heavy atom. The van der Waals surface area contributed by atoms with Gasteiger partial charge in [-0.05, 0) is 31.6 Å². The van der Waals surface area contributed by atoms with E-state index in [1.165, 1.54) is 17.3 Å². The Bertz CT molecular complexity index is 1120. The highest BCUT2D eigenvalue weighted by molar-refractivity contribution is 8.26. The van der Waals surface area contributed by atoms with Gasteiger partial charge in [0, 0.05) is 37.6 Å². The van der Waals surface area contributed by atoms with Gasteiger partial charge in [0.05, 0.1) is 16.3 Å². The van der Waals surface area contributed by atoms with E-state index in [1.807, 2.05) is 47.3 Å². The highest BCUT2D eigenvalue weighted by Crippen LogP contribution is 2.35. The predicted molar refractivity (Wildman–Crippen MR) is 130 cm³/mol. The number of aromatic nitrogens is 2. The van der Waals surface area contributed by atoms with Crippen LogP contribution in [-0.2, 0) is 9.53 Å². The van der Waals surface area contributed by atoms with Gasteiger partial charge in [0.1, 0.15) is 4.32 Å². The van der Waals surface area contributed by atoms with Gasteiger partial charge in [0.15, 0.2) is 0 Å². The van der Waals surface area contributed by atoms with Crippen LogP contribution in [0.4, 0.5) is 0 Å². The molecule has 1 fully saturated rings. The van der Waals surface area contributed by atoms with Gasteiger partial charge < -0.3 is 4.74 Å². The molecule has 2 aromatic carbocycles. The van der Waals surface area contributed by atoms with Crippen molar-refractivity contribution in [3.8, 4) is 16.9 Å². The van der Waals surface area contributed by atoms with Crippen LogP contribution in [-0.4, -0.2) is 45.2 Å². The Hall–Kier alpha value is -2.74. The first-order chi connectivity index (χ1) is 15.1. The topological polar surface area (TPSA) is 47.4 Å². The zero-order valence-electron chi connectivity index (χ0n) is 17.4. The molecule has 1 saturated heterocycles. The molecule has 4 rings (SSSR count). The summed E-state index contributed by atoms with van der Waals surface area (Å²) in [6.45, 7) is 3.21. The van der Waals surface area contributed by atoms with Crippen molar-refractivity contribution >= 4 is 40.3 Å². The van der Waals surface area contributed by atoms with Gasteiger partial charge in [0.2, 0.25) is 0 Å². The van der Waals surface area contributed by atoms with Crippen molar-refractivity contribution in [2.45, 2.75) is 13.3 Å². The third kappa shape index (κ3) is 4.79. The molecule has 158 valence electrons. The van der Waals surface area contributed by atoms with E-state index in [2.05, 4.69) is 31.2 Å². The fourth-order valence-corrected chi connectivity index (χ4v) is 4.64. The van der Waals surface area contributed by atoms with Gasteiger partial charge in [-0.1, -0.05) is 72.0 Å². The largest absolute Gasteiger partial charge is 0.385 e. The van der Waals surface area contributed by atoms with Crippen molar-refractivity contribution in [1.82, 2.24) is 14.7 Å². The first-order valence-electron chi connectivity index (χ1n) is 10.0.